The summed E-state index contributed by atoms with van der Waals surface area (Å²) in [6.45, 7) is 0. The van der Waals surface area contributed by atoms with Crippen LogP contribution in [0.2, 0.25) is 0 Å². The van der Waals surface area contributed by atoms with Gasteiger partial charge in [0.15, 0.2) is 11.7 Å². The Morgan fingerprint density at radius 1 is 1.20 bits per heavy atom. The first-order valence-corrected chi connectivity index (χ1v) is 3.00. The van der Waals surface area contributed by atoms with E-state index in [0.717, 1.165) is 0 Å². The van der Waals surface area contributed by atoms with Crippen LogP contribution in [-0.4, -0.2) is 44.8 Å². The van der Waals surface area contributed by atoms with Crippen molar-refractivity contribution >= 4 is 11.7 Å². The van der Waals surface area contributed by atoms with E-state index in [1.54, 1.807) is 14.1 Å². The highest BCUT2D eigenvalue weighted by atomic mass is 15.2. The van der Waals surface area contributed by atoms with Gasteiger partial charge in [-0.1, -0.05) is 0 Å². The summed E-state index contributed by atoms with van der Waals surface area (Å²) in [5, 5.41) is 0. The van der Waals surface area contributed by atoms with Crippen molar-refractivity contribution in [1.82, 2.24) is 4.90 Å². The molecule has 0 aliphatic rings. The molecule has 0 bridgehead atoms. The standard InChI is InChI=1S/C6H14N4/c1-8-5(7)6(9-2)10(3)4/h1-4H3,(H2,7,8). The van der Waals surface area contributed by atoms with E-state index in [9.17, 15) is 0 Å². The lowest BCUT2D eigenvalue weighted by Crippen LogP contribution is -2.35. The van der Waals surface area contributed by atoms with Crippen LogP contribution in [0.5, 0.6) is 0 Å². The van der Waals surface area contributed by atoms with Gasteiger partial charge in [0, 0.05) is 28.2 Å². The van der Waals surface area contributed by atoms with Gasteiger partial charge in [-0.3, -0.25) is 9.98 Å². The molecule has 10 heavy (non-hydrogen) atoms. The van der Waals surface area contributed by atoms with Crippen LogP contribution in [0.4, 0.5) is 0 Å². The fourth-order valence-corrected chi connectivity index (χ4v) is 0.644. The average molecular weight is 142 g/mol. The molecule has 0 saturated carbocycles. The van der Waals surface area contributed by atoms with Gasteiger partial charge in [0.05, 0.1) is 0 Å². The largest absolute Gasteiger partial charge is 0.381 e. The molecule has 0 aliphatic heterocycles. The molecule has 0 aromatic heterocycles. The molecule has 0 unspecified atom stereocenters. The SMILES string of the molecule is CN=C(N)C(=NC)N(C)C. The zero-order valence-corrected chi connectivity index (χ0v) is 6.92. The van der Waals surface area contributed by atoms with Crippen LogP contribution in [0.15, 0.2) is 9.98 Å². The zero-order valence-electron chi connectivity index (χ0n) is 6.92. The van der Waals surface area contributed by atoms with E-state index in [2.05, 4.69) is 9.98 Å². The number of nitrogens with zero attached hydrogens (tertiary/aromatic N) is 3. The Hall–Kier alpha value is -1.06. The second-order valence-corrected chi connectivity index (χ2v) is 2.05. The number of aliphatic imine (C=N–C) groups is 2. The van der Waals surface area contributed by atoms with Gasteiger partial charge in [-0.15, -0.1) is 0 Å². The maximum Gasteiger partial charge on any atom is 0.165 e. The van der Waals surface area contributed by atoms with Crippen molar-refractivity contribution in [3.8, 4) is 0 Å². The summed E-state index contributed by atoms with van der Waals surface area (Å²) in [5.41, 5.74) is 5.51. The van der Waals surface area contributed by atoms with E-state index in [4.69, 9.17) is 5.73 Å². The van der Waals surface area contributed by atoms with Crippen molar-refractivity contribution in [3.05, 3.63) is 0 Å². The molecule has 0 radical (unpaired) electrons. The molecule has 0 atom stereocenters. The van der Waals surface area contributed by atoms with Gasteiger partial charge in [-0.2, -0.15) is 0 Å². The van der Waals surface area contributed by atoms with Gasteiger partial charge in [0.2, 0.25) is 0 Å². The van der Waals surface area contributed by atoms with E-state index < -0.39 is 0 Å². The van der Waals surface area contributed by atoms with Gasteiger partial charge >= 0.3 is 0 Å². The molecule has 0 saturated heterocycles. The van der Waals surface area contributed by atoms with Crippen LogP contribution in [0.25, 0.3) is 0 Å². The summed E-state index contributed by atoms with van der Waals surface area (Å²) in [6, 6.07) is 0. The monoisotopic (exact) mass is 142 g/mol. The molecule has 2 N–H and O–H groups in total. The smallest absolute Gasteiger partial charge is 0.165 e. The molecule has 4 heteroatoms. The lowest BCUT2D eigenvalue weighted by molar-refractivity contribution is 0.629. The molecule has 58 valence electrons. The molecule has 0 heterocycles. The predicted molar refractivity (Wildman–Crippen MR) is 44.6 cm³/mol. The highest BCUT2D eigenvalue weighted by Crippen LogP contribution is 1.82. The van der Waals surface area contributed by atoms with Crippen LogP contribution >= 0.6 is 0 Å². The average Bonchev–Trinajstić information content (AvgIpc) is 1.88. The summed E-state index contributed by atoms with van der Waals surface area (Å²) in [4.78, 5) is 9.57. The van der Waals surface area contributed by atoms with Crippen molar-refractivity contribution in [2.24, 2.45) is 15.7 Å². The van der Waals surface area contributed by atoms with Gasteiger partial charge in [-0.25, -0.2) is 0 Å². The van der Waals surface area contributed by atoms with Gasteiger partial charge in [0.25, 0.3) is 0 Å². The second kappa shape index (κ2) is 3.87. The number of rotatable bonds is 0. The highest BCUT2D eigenvalue weighted by molar-refractivity contribution is 6.39. The number of amidine groups is 2. The summed E-state index contributed by atoms with van der Waals surface area (Å²) in [6.07, 6.45) is 0. The molecule has 0 aliphatic carbocycles. The Bertz CT molecular complexity index is 157. The lowest BCUT2D eigenvalue weighted by Gasteiger charge is -2.13. The lowest BCUT2D eigenvalue weighted by atomic mass is 10.5. The van der Waals surface area contributed by atoms with Crippen molar-refractivity contribution in [2.75, 3.05) is 28.2 Å². The highest BCUT2D eigenvalue weighted by Gasteiger charge is 2.03. The third-order valence-corrected chi connectivity index (χ3v) is 1.11. The first-order valence-electron chi connectivity index (χ1n) is 3.00. The molecule has 0 rings (SSSR count). The number of likely N-dealkylation sites (N-methyl/N-ethyl adjacent to an activating group) is 1. The fourth-order valence-electron chi connectivity index (χ4n) is 0.644. The van der Waals surface area contributed by atoms with Gasteiger partial charge < -0.3 is 10.6 Å². The van der Waals surface area contributed by atoms with Crippen LogP contribution in [0.3, 0.4) is 0 Å². The molecule has 0 aromatic carbocycles. The topological polar surface area (TPSA) is 54.0 Å². The summed E-state index contributed by atoms with van der Waals surface area (Å²) in [7, 11) is 7.08. The second-order valence-electron chi connectivity index (χ2n) is 2.05. The molecular weight excluding hydrogens is 128 g/mol. The van der Waals surface area contributed by atoms with Crippen molar-refractivity contribution < 1.29 is 0 Å². The fraction of sp³-hybridized carbons (Fsp3) is 0.667. The Balaban J connectivity index is 4.39. The maximum atomic E-state index is 5.51. The molecule has 0 aromatic rings. The molecule has 0 fully saturated rings. The van der Waals surface area contributed by atoms with E-state index in [-0.39, 0.29) is 0 Å². The maximum absolute atomic E-state index is 5.51. The normalized spacial score (nSPS) is 13.6. The third kappa shape index (κ3) is 2.05. The number of hydrogen-bond acceptors (Lipinski definition) is 2. The minimum atomic E-state index is 0.465. The van der Waals surface area contributed by atoms with E-state index in [1.807, 2.05) is 19.0 Å². The van der Waals surface area contributed by atoms with Gasteiger partial charge in [-0.05, 0) is 0 Å². The first-order chi connectivity index (χ1) is 4.63. The van der Waals surface area contributed by atoms with Crippen molar-refractivity contribution in [3.63, 3.8) is 0 Å². The van der Waals surface area contributed by atoms with E-state index in [1.165, 1.54) is 0 Å². The third-order valence-electron chi connectivity index (χ3n) is 1.11. The van der Waals surface area contributed by atoms with E-state index >= 15 is 0 Å². The zero-order chi connectivity index (χ0) is 8.15. The number of nitrogens with two attached hydrogens (primary N) is 1. The summed E-state index contributed by atoms with van der Waals surface area (Å²) < 4.78 is 0. The Morgan fingerprint density at radius 2 is 1.70 bits per heavy atom. The number of hydrogen-bond donors (Lipinski definition) is 1. The summed E-state index contributed by atoms with van der Waals surface area (Å²) >= 11 is 0. The van der Waals surface area contributed by atoms with Crippen LogP contribution in [0.1, 0.15) is 0 Å². The Kier molecular flexibility index (Phi) is 3.46. The minimum Gasteiger partial charge on any atom is -0.381 e. The Labute approximate surface area is 61.5 Å². The van der Waals surface area contributed by atoms with E-state index in [0.29, 0.717) is 11.7 Å². The van der Waals surface area contributed by atoms with Crippen LogP contribution < -0.4 is 5.73 Å². The first kappa shape index (κ1) is 8.94. The molecule has 0 spiro atoms. The molecular formula is C6H14N4. The van der Waals surface area contributed by atoms with Crippen molar-refractivity contribution in [1.29, 1.82) is 0 Å². The summed E-state index contributed by atoms with van der Waals surface area (Å²) in [5.74, 6) is 1.18. The van der Waals surface area contributed by atoms with Crippen molar-refractivity contribution in [2.45, 2.75) is 0 Å². The quantitative estimate of drug-likeness (QED) is 0.368. The Morgan fingerprint density at radius 3 is 1.80 bits per heavy atom. The molecule has 4 nitrogen and oxygen atoms in total. The van der Waals surface area contributed by atoms with Crippen LogP contribution in [0, 0.1) is 0 Å². The predicted octanol–water partition coefficient (Wildman–Crippen LogP) is -0.437. The molecule has 0 amide bonds. The van der Waals surface area contributed by atoms with Gasteiger partial charge in [0.1, 0.15) is 0 Å². The van der Waals surface area contributed by atoms with Crippen LogP contribution in [-0.2, 0) is 0 Å². The minimum absolute atomic E-state index is 0.465.